The van der Waals surface area contributed by atoms with Crippen molar-refractivity contribution >= 4 is 11.6 Å². The smallest absolute Gasteiger partial charge is 0.239 e. The predicted molar refractivity (Wildman–Crippen MR) is 86.4 cm³/mol. The minimum absolute atomic E-state index is 0.0557. The van der Waals surface area contributed by atoms with Crippen LogP contribution in [-0.2, 0) is 4.79 Å². The molecular formula is C17H28N2O. The van der Waals surface area contributed by atoms with Crippen molar-refractivity contribution in [3.63, 3.8) is 0 Å². The van der Waals surface area contributed by atoms with Crippen LogP contribution in [0.5, 0.6) is 0 Å². The van der Waals surface area contributed by atoms with Crippen molar-refractivity contribution in [2.75, 3.05) is 18.4 Å². The van der Waals surface area contributed by atoms with Gasteiger partial charge in [0.25, 0.3) is 0 Å². The Balaban J connectivity index is 2.88. The summed E-state index contributed by atoms with van der Waals surface area (Å²) in [7, 11) is 0. The van der Waals surface area contributed by atoms with Gasteiger partial charge in [0.2, 0.25) is 5.91 Å². The maximum Gasteiger partial charge on any atom is 0.239 e. The Labute approximate surface area is 123 Å². The highest BCUT2D eigenvalue weighted by Crippen LogP contribution is 2.32. The fourth-order valence-electron chi connectivity index (χ4n) is 2.25. The van der Waals surface area contributed by atoms with E-state index in [9.17, 15) is 4.79 Å². The van der Waals surface area contributed by atoms with Gasteiger partial charge in [-0.2, -0.15) is 0 Å². The Morgan fingerprint density at radius 1 is 1.10 bits per heavy atom. The maximum absolute atomic E-state index is 11.8. The van der Waals surface area contributed by atoms with Gasteiger partial charge in [0.15, 0.2) is 0 Å². The molecule has 2 N–H and O–H groups in total. The number of benzene rings is 1. The maximum atomic E-state index is 11.8. The molecule has 0 unspecified atom stereocenters. The van der Waals surface area contributed by atoms with E-state index in [1.807, 2.05) is 0 Å². The molecule has 0 aliphatic carbocycles. The monoisotopic (exact) mass is 276 g/mol. The van der Waals surface area contributed by atoms with E-state index in [1.165, 1.54) is 11.1 Å². The average Bonchev–Trinajstić information content (AvgIpc) is 2.42. The first-order valence-corrected chi connectivity index (χ1v) is 7.60. The van der Waals surface area contributed by atoms with Crippen LogP contribution >= 0.6 is 0 Å². The Hall–Kier alpha value is -1.51. The molecular weight excluding hydrogens is 248 g/mol. The molecule has 0 fully saturated rings. The largest absolute Gasteiger partial charge is 0.376 e. The van der Waals surface area contributed by atoms with E-state index in [4.69, 9.17) is 0 Å². The highest BCUT2D eigenvalue weighted by Gasteiger charge is 2.14. The summed E-state index contributed by atoms with van der Waals surface area (Å²) in [6.07, 6.45) is 0.964. The summed E-state index contributed by atoms with van der Waals surface area (Å²) in [6.45, 7) is 11.9. The topological polar surface area (TPSA) is 41.1 Å². The van der Waals surface area contributed by atoms with E-state index >= 15 is 0 Å². The quantitative estimate of drug-likeness (QED) is 0.793. The number of hydrogen-bond acceptors (Lipinski definition) is 2. The van der Waals surface area contributed by atoms with Gasteiger partial charge in [-0.3, -0.25) is 4.79 Å². The molecule has 0 aromatic heterocycles. The second-order valence-corrected chi connectivity index (χ2v) is 5.82. The normalized spacial score (nSPS) is 10.9. The van der Waals surface area contributed by atoms with Crippen LogP contribution < -0.4 is 10.6 Å². The fraction of sp³-hybridized carbons (Fsp3) is 0.588. The molecule has 1 aromatic carbocycles. The molecule has 0 spiro atoms. The number of hydrogen-bond donors (Lipinski definition) is 2. The van der Waals surface area contributed by atoms with E-state index in [2.05, 4.69) is 63.5 Å². The SMILES string of the molecule is CCCNC(=O)CNc1c(C(C)C)cccc1C(C)C. The van der Waals surface area contributed by atoms with E-state index in [1.54, 1.807) is 0 Å². The van der Waals surface area contributed by atoms with Crippen molar-refractivity contribution in [2.45, 2.75) is 52.9 Å². The van der Waals surface area contributed by atoms with Crippen molar-refractivity contribution in [1.82, 2.24) is 5.32 Å². The molecule has 0 radical (unpaired) electrons. The first kappa shape index (κ1) is 16.5. The minimum atomic E-state index is 0.0557. The first-order valence-electron chi connectivity index (χ1n) is 7.60. The van der Waals surface area contributed by atoms with Crippen molar-refractivity contribution < 1.29 is 4.79 Å². The van der Waals surface area contributed by atoms with Gasteiger partial charge in [-0.15, -0.1) is 0 Å². The average molecular weight is 276 g/mol. The van der Waals surface area contributed by atoms with Crippen molar-refractivity contribution in [2.24, 2.45) is 0 Å². The second-order valence-electron chi connectivity index (χ2n) is 5.82. The lowest BCUT2D eigenvalue weighted by molar-refractivity contribution is -0.119. The van der Waals surface area contributed by atoms with Crippen LogP contribution in [0.3, 0.4) is 0 Å². The molecule has 3 nitrogen and oxygen atoms in total. The molecule has 20 heavy (non-hydrogen) atoms. The first-order chi connectivity index (χ1) is 9.47. The predicted octanol–water partition coefficient (Wildman–Crippen LogP) is 3.87. The Bertz CT molecular complexity index is 412. The van der Waals surface area contributed by atoms with Gasteiger partial charge in [0.1, 0.15) is 0 Å². The molecule has 1 aromatic rings. The van der Waals surface area contributed by atoms with Crippen molar-refractivity contribution in [3.05, 3.63) is 29.3 Å². The van der Waals surface area contributed by atoms with Crippen LogP contribution in [-0.4, -0.2) is 19.0 Å². The Morgan fingerprint density at radius 2 is 1.65 bits per heavy atom. The van der Waals surface area contributed by atoms with Gasteiger partial charge in [0, 0.05) is 12.2 Å². The van der Waals surface area contributed by atoms with Crippen molar-refractivity contribution in [1.29, 1.82) is 0 Å². The lowest BCUT2D eigenvalue weighted by atomic mass is 9.92. The summed E-state index contributed by atoms with van der Waals surface area (Å²) < 4.78 is 0. The van der Waals surface area contributed by atoms with Gasteiger partial charge in [-0.25, -0.2) is 0 Å². The molecule has 0 saturated carbocycles. The third kappa shape index (κ3) is 4.55. The lowest BCUT2D eigenvalue weighted by Crippen LogP contribution is -2.30. The summed E-state index contributed by atoms with van der Waals surface area (Å²) in [6, 6.07) is 6.39. The van der Waals surface area contributed by atoms with Gasteiger partial charge in [-0.1, -0.05) is 52.8 Å². The molecule has 0 bridgehead atoms. The molecule has 0 saturated heterocycles. The van der Waals surface area contributed by atoms with Gasteiger partial charge >= 0.3 is 0 Å². The Morgan fingerprint density at radius 3 is 2.10 bits per heavy atom. The Kier molecular flexibility index (Phi) is 6.56. The van der Waals surface area contributed by atoms with Gasteiger partial charge in [0.05, 0.1) is 6.54 Å². The molecule has 112 valence electrons. The number of carbonyl (C=O) groups excluding carboxylic acids is 1. The van der Waals surface area contributed by atoms with E-state index in [-0.39, 0.29) is 5.91 Å². The second kappa shape index (κ2) is 7.93. The summed E-state index contributed by atoms with van der Waals surface area (Å²) in [5.74, 6) is 0.935. The van der Waals surface area contributed by atoms with Crippen LogP contribution in [0.2, 0.25) is 0 Å². The third-order valence-corrected chi connectivity index (χ3v) is 3.37. The van der Waals surface area contributed by atoms with E-state index < -0.39 is 0 Å². The van der Waals surface area contributed by atoms with Crippen molar-refractivity contribution in [3.8, 4) is 0 Å². The zero-order valence-electron chi connectivity index (χ0n) is 13.4. The van der Waals surface area contributed by atoms with E-state index in [0.29, 0.717) is 18.4 Å². The highest BCUT2D eigenvalue weighted by molar-refractivity contribution is 5.81. The number of para-hydroxylation sites is 1. The van der Waals surface area contributed by atoms with Gasteiger partial charge < -0.3 is 10.6 Å². The fourth-order valence-corrected chi connectivity index (χ4v) is 2.25. The van der Waals surface area contributed by atoms with E-state index in [0.717, 1.165) is 18.7 Å². The third-order valence-electron chi connectivity index (χ3n) is 3.37. The standard InChI is InChI=1S/C17H28N2O/c1-6-10-18-16(20)11-19-17-14(12(2)3)8-7-9-15(17)13(4)5/h7-9,12-13,19H,6,10-11H2,1-5H3,(H,18,20). The molecule has 1 amide bonds. The number of nitrogens with one attached hydrogen (secondary N) is 2. The number of rotatable bonds is 7. The molecule has 0 aliphatic rings. The summed E-state index contributed by atoms with van der Waals surface area (Å²) in [4.78, 5) is 11.8. The highest BCUT2D eigenvalue weighted by atomic mass is 16.1. The molecule has 1 rings (SSSR count). The van der Waals surface area contributed by atoms with Crippen LogP contribution in [0.15, 0.2) is 18.2 Å². The molecule has 3 heteroatoms. The zero-order chi connectivity index (χ0) is 15.1. The summed E-state index contributed by atoms with van der Waals surface area (Å²) in [5, 5.41) is 6.24. The van der Waals surface area contributed by atoms with Crippen LogP contribution in [0, 0.1) is 0 Å². The summed E-state index contributed by atoms with van der Waals surface area (Å²) >= 11 is 0. The van der Waals surface area contributed by atoms with Gasteiger partial charge in [-0.05, 0) is 29.4 Å². The molecule has 0 aliphatic heterocycles. The van der Waals surface area contributed by atoms with Crippen LogP contribution in [0.25, 0.3) is 0 Å². The number of amides is 1. The minimum Gasteiger partial charge on any atom is -0.376 e. The zero-order valence-corrected chi connectivity index (χ0v) is 13.4. The number of anilines is 1. The van der Waals surface area contributed by atoms with Crippen LogP contribution in [0.1, 0.15) is 64.0 Å². The van der Waals surface area contributed by atoms with Crippen LogP contribution in [0.4, 0.5) is 5.69 Å². The lowest BCUT2D eigenvalue weighted by Gasteiger charge is -2.20. The molecule has 0 heterocycles. The number of carbonyl (C=O) groups is 1. The molecule has 0 atom stereocenters. The summed E-state index contributed by atoms with van der Waals surface area (Å²) in [5.41, 5.74) is 3.68.